The van der Waals surface area contributed by atoms with Crippen molar-refractivity contribution >= 4 is 21.8 Å². The molecule has 0 spiro atoms. The normalized spacial score (nSPS) is 10.6. The first-order valence-corrected chi connectivity index (χ1v) is 7.03. The summed E-state index contributed by atoms with van der Waals surface area (Å²) in [7, 11) is 5.33. The van der Waals surface area contributed by atoms with E-state index < -0.39 is 0 Å². The Morgan fingerprint density at radius 3 is 2.80 bits per heavy atom. The van der Waals surface area contributed by atoms with E-state index in [1.807, 2.05) is 25.2 Å². The summed E-state index contributed by atoms with van der Waals surface area (Å²) in [6.45, 7) is 0.728. The number of nitrogens with zero attached hydrogens (tertiary/aromatic N) is 3. The lowest BCUT2D eigenvalue weighted by Gasteiger charge is -2.10. The van der Waals surface area contributed by atoms with Crippen LogP contribution in [0, 0.1) is 0 Å². The quantitative estimate of drug-likeness (QED) is 0.929. The van der Waals surface area contributed by atoms with Gasteiger partial charge in [-0.05, 0) is 36.9 Å². The Bertz CT molecular complexity index is 621. The standard InChI is InChI=1S/C14H17BrN4O/c1-16-9-10-8-11(15)4-5-13(10)19-7-6-12(17-19)14(20)18(2)3/h4-8,16H,9H2,1-3H3. The summed E-state index contributed by atoms with van der Waals surface area (Å²) >= 11 is 3.47. The minimum atomic E-state index is -0.101. The van der Waals surface area contributed by atoms with Gasteiger partial charge in [0.2, 0.25) is 0 Å². The van der Waals surface area contributed by atoms with Crippen molar-refractivity contribution in [3.8, 4) is 5.69 Å². The number of carbonyl (C=O) groups is 1. The van der Waals surface area contributed by atoms with Crippen molar-refractivity contribution in [3.63, 3.8) is 0 Å². The molecule has 0 aliphatic rings. The average Bonchev–Trinajstić information content (AvgIpc) is 2.87. The average molecular weight is 337 g/mol. The van der Waals surface area contributed by atoms with Crippen LogP contribution in [0.3, 0.4) is 0 Å². The van der Waals surface area contributed by atoms with Crippen LogP contribution < -0.4 is 5.32 Å². The van der Waals surface area contributed by atoms with Gasteiger partial charge in [-0.2, -0.15) is 5.10 Å². The van der Waals surface area contributed by atoms with E-state index in [-0.39, 0.29) is 5.91 Å². The maximum atomic E-state index is 11.9. The van der Waals surface area contributed by atoms with Crippen LogP contribution in [0.4, 0.5) is 0 Å². The zero-order valence-corrected chi connectivity index (χ0v) is 13.3. The van der Waals surface area contributed by atoms with Gasteiger partial charge in [-0.25, -0.2) is 4.68 Å². The van der Waals surface area contributed by atoms with E-state index in [9.17, 15) is 4.79 Å². The fourth-order valence-corrected chi connectivity index (χ4v) is 2.32. The monoisotopic (exact) mass is 336 g/mol. The van der Waals surface area contributed by atoms with E-state index in [0.717, 1.165) is 22.3 Å². The summed E-state index contributed by atoms with van der Waals surface area (Å²) in [5.41, 5.74) is 2.50. The largest absolute Gasteiger partial charge is 0.343 e. The predicted octanol–water partition coefficient (Wildman–Crippen LogP) is 2.06. The predicted molar refractivity (Wildman–Crippen MR) is 82.0 cm³/mol. The lowest BCUT2D eigenvalue weighted by molar-refractivity contribution is 0.0821. The molecule has 1 aromatic heterocycles. The summed E-state index contributed by atoms with van der Waals surface area (Å²) in [5, 5.41) is 7.49. The third-order valence-electron chi connectivity index (χ3n) is 2.87. The van der Waals surface area contributed by atoms with Gasteiger partial charge in [0.1, 0.15) is 0 Å². The molecule has 1 heterocycles. The molecular weight excluding hydrogens is 320 g/mol. The molecule has 0 aliphatic carbocycles. The number of hydrogen-bond donors (Lipinski definition) is 1. The molecular formula is C14H17BrN4O. The van der Waals surface area contributed by atoms with E-state index in [2.05, 4.69) is 26.3 Å². The molecule has 2 aromatic rings. The van der Waals surface area contributed by atoms with E-state index in [4.69, 9.17) is 0 Å². The molecule has 1 amide bonds. The molecule has 5 nitrogen and oxygen atoms in total. The molecule has 0 saturated heterocycles. The highest BCUT2D eigenvalue weighted by Gasteiger charge is 2.13. The molecule has 1 aromatic carbocycles. The highest BCUT2D eigenvalue weighted by molar-refractivity contribution is 9.10. The van der Waals surface area contributed by atoms with Crippen molar-refractivity contribution < 1.29 is 4.79 Å². The highest BCUT2D eigenvalue weighted by atomic mass is 79.9. The molecule has 106 valence electrons. The van der Waals surface area contributed by atoms with E-state index >= 15 is 0 Å². The van der Waals surface area contributed by atoms with Crippen molar-refractivity contribution in [2.24, 2.45) is 0 Å². The smallest absolute Gasteiger partial charge is 0.273 e. The van der Waals surface area contributed by atoms with Crippen molar-refractivity contribution in [3.05, 3.63) is 46.2 Å². The van der Waals surface area contributed by atoms with Crippen LogP contribution in [-0.2, 0) is 6.54 Å². The molecule has 0 atom stereocenters. The highest BCUT2D eigenvalue weighted by Crippen LogP contribution is 2.20. The number of halogens is 1. The fraction of sp³-hybridized carbons (Fsp3) is 0.286. The third kappa shape index (κ3) is 3.08. The SMILES string of the molecule is CNCc1cc(Br)ccc1-n1ccc(C(=O)N(C)C)n1. The van der Waals surface area contributed by atoms with Gasteiger partial charge in [0.05, 0.1) is 5.69 Å². The zero-order chi connectivity index (χ0) is 14.7. The Morgan fingerprint density at radius 1 is 1.40 bits per heavy atom. The van der Waals surface area contributed by atoms with Crippen LogP contribution in [0.15, 0.2) is 34.9 Å². The van der Waals surface area contributed by atoms with Gasteiger partial charge in [0, 0.05) is 31.3 Å². The first-order chi connectivity index (χ1) is 9.52. The Hall–Kier alpha value is -1.66. The first kappa shape index (κ1) is 14.7. The second-order valence-corrected chi connectivity index (χ2v) is 5.56. The van der Waals surface area contributed by atoms with Crippen LogP contribution >= 0.6 is 15.9 Å². The number of aromatic nitrogens is 2. The van der Waals surface area contributed by atoms with Gasteiger partial charge in [0.15, 0.2) is 5.69 Å². The number of rotatable bonds is 4. The van der Waals surface area contributed by atoms with Crippen molar-refractivity contribution in [1.29, 1.82) is 0 Å². The van der Waals surface area contributed by atoms with Crippen molar-refractivity contribution in [1.82, 2.24) is 20.0 Å². The number of nitrogens with one attached hydrogen (secondary N) is 1. The van der Waals surface area contributed by atoms with Crippen molar-refractivity contribution in [2.45, 2.75) is 6.54 Å². The lowest BCUT2D eigenvalue weighted by Crippen LogP contribution is -2.22. The molecule has 0 unspecified atom stereocenters. The molecule has 1 N–H and O–H groups in total. The molecule has 2 rings (SSSR count). The van der Waals surface area contributed by atoms with Crippen LogP contribution in [0.1, 0.15) is 16.1 Å². The Balaban J connectivity index is 2.39. The number of benzene rings is 1. The number of hydrogen-bond acceptors (Lipinski definition) is 3. The molecule has 0 fully saturated rings. The molecule has 6 heteroatoms. The second-order valence-electron chi connectivity index (χ2n) is 4.65. The first-order valence-electron chi connectivity index (χ1n) is 6.23. The van der Waals surface area contributed by atoms with Gasteiger partial charge in [-0.3, -0.25) is 4.79 Å². The molecule has 0 saturated carbocycles. The van der Waals surface area contributed by atoms with Gasteiger partial charge in [-0.15, -0.1) is 0 Å². The lowest BCUT2D eigenvalue weighted by atomic mass is 10.2. The Morgan fingerprint density at radius 2 is 2.15 bits per heavy atom. The topological polar surface area (TPSA) is 50.2 Å². The van der Waals surface area contributed by atoms with Gasteiger partial charge < -0.3 is 10.2 Å². The van der Waals surface area contributed by atoms with Crippen LogP contribution in [0.5, 0.6) is 0 Å². The summed E-state index contributed by atoms with van der Waals surface area (Å²) in [6, 6.07) is 7.71. The van der Waals surface area contributed by atoms with Gasteiger partial charge in [0.25, 0.3) is 5.91 Å². The third-order valence-corrected chi connectivity index (χ3v) is 3.36. The minimum Gasteiger partial charge on any atom is -0.343 e. The Kier molecular flexibility index (Phi) is 4.57. The van der Waals surface area contributed by atoms with E-state index in [0.29, 0.717) is 5.69 Å². The fourth-order valence-electron chi connectivity index (χ4n) is 1.91. The summed E-state index contributed by atoms with van der Waals surface area (Å²) in [6.07, 6.45) is 1.80. The molecule has 0 radical (unpaired) electrons. The number of amides is 1. The van der Waals surface area contributed by atoms with Crippen molar-refractivity contribution in [2.75, 3.05) is 21.1 Å². The summed E-state index contributed by atoms with van der Waals surface area (Å²) in [5.74, 6) is -0.101. The minimum absolute atomic E-state index is 0.101. The van der Waals surface area contributed by atoms with E-state index in [1.165, 1.54) is 4.90 Å². The maximum absolute atomic E-state index is 11.9. The maximum Gasteiger partial charge on any atom is 0.273 e. The molecule has 0 bridgehead atoms. The van der Waals surface area contributed by atoms with Gasteiger partial charge in [-0.1, -0.05) is 15.9 Å². The summed E-state index contributed by atoms with van der Waals surface area (Å²) in [4.78, 5) is 13.4. The Labute approximate surface area is 126 Å². The van der Waals surface area contributed by atoms with Gasteiger partial charge >= 0.3 is 0 Å². The zero-order valence-electron chi connectivity index (χ0n) is 11.7. The molecule has 20 heavy (non-hydrogen) atoms. The van der Waals surface area contributed by atoms with Crippen LogP contribution in [0.25, 0.3) is 5.69 Å². The van der Waals surface area contributed by atoms with E-state index in [1.54, 1.807) is 31.0 Å². The van der Waals surface area contributed by atoms with Crippen LogP contribution in [0.2, 0.25) is 0 Å². The van der Waals surface area contributed by atoms with Crippen LogP contribution in [-0.4, -0.2) is 41.7 Å². The summed E-state index contributed by atoms with van der Waals surface area (Å²) < 4.78 is 2.75. The number of carbonyl (C=O) groups excluding carboxylic acids is 1. The second kappa shape index (κ2) is 6.19. The molecule has 0 aliphatic heterocycles.